The maximum atomic E-state index is 9.95. The molecular weight excluding hydrogens is 202 g/mol. The van der Waals surface area contributed by atoms with Gasteiger partial charge in [0.25, 0.3) is 0 Å². The number of nitrogens with two attached hydrogens (primary N) is 3. The number of hydrogen-bond acceptors (Lipinski definition) is 6. The maximum Gasteiger partial charge on any atom is 0.499 e. The molecule has 7 N–H and O–H groups in total. The first kappa shape index (κ1) is 14.0. The lowest BCUT2D eigenvalue weighted by atomic mass is 10.4. The minimum atomic E-state index is -3.14. The smallest absolute Gasteiger partial charge is 0.390 e. The lowest BCUT2D eigenvalue weighted by Crippen LogP contribution is -2.48. The van der Waals surface area contributed by atoms with Crippen LogP contribution in [0.1, 0.15) is 6.92 Å². The van der Waals surface area contributed by atoms with Crippen molar-refractivity contribution in [2.45, 2.75) is 19.0 Å². The molecular formula is C7H21N3O3Si. The van der Waals surface area contributed by atoms with Gasteiger partial charge in [0.2, 0.25) is 0 Å². The molecule has 0 aromatic carbocycles. The molecule has 0 fully saturated rings. The van der Waals surface area contributed by atoms with Crippen molar-refractivity contribution in [3.8, 4) is 0 Å². The van der Waals surface area contributed by atoms with Crippen molar-refractivity contribution in [2.75, 3.05) is 26.3 Å². The zero-order chi connectivity index (χ0) is 11.0. The van der Waals surface area contributed by atoms with E-state index in [2.05, 4.69) is 0 Å². The van der Waals surface area contributed by atoms with Gasteiger partial charge in [-0.15, -0.1) is 0 Å². The second-order valence-corrected chi connectivity index (χ2v) is 5.58. The molecule has 0 aromatic rings. The van der Waals surface area contributed by atoms with Crippen molar-refractivity contribution in [1.29, 1.82) is 0 Å². The van der Waals surface area contributed by atoms with E-state index >= 15 is 0 Å². The van der Waals surface area contributed by atoms with Crippen molar-refractivity contribution in [3.05, 3.63) is 0 Å². The predicted molar refractivity (Wildman–Crippen MR) is 56.4 cm³/mol. The Bertz CT molecular complexity index is 140. The highest BCUT2D eigenvalue weighted by Gasteiger charge is 2.37. The van der Waals surface area contributed by atoms with Gasteiger partial charge in [-0.2, -0.15) is 0 Å². The molecule has 0 rings (SSSR count). The molecule has 0 bridgehead atoms. The zero-order valence-electron chi connectivity index (χ0n) is 8.61. The van der Waals surface area contributed by atoms with E-state index in [1.165, 1.54) is 0 Å². The Kier molecular flexibility index (Phi) is 7.28. The molecule has 0 aliphatic carbocycles. The summed E-state index contributed by atoms with van der Waals surface area (Å²) in [6.45, 7) is 3.04. The normalized spacial score (nSPS) is 14.4. The first-order valence-electron chi connectivity index (χ1n) is 4.70. The number of hydrogen-bond donors (Lipinski definition) is 4. The van der Waals surface area contributed by atoms with Crippen LogP contribution in [0.4, 0.5) is 0 Å². The molecule has 0 heterocycles. The van der Waals surface area contributed by atoms with Gasteiger partial charge in [-0.05, 0) is 6.92 Å². The molecule has 0 aliphatic heterocycles. The molecule has 1 unspecified atom stereocenters. The average molecular weight is 223 g/mol. The van der Waals surface area contributed by atoms with E-state index in [0.717, 1.165) is 0 Å². The Balaban J connectivity index is 4.03. The Morgan fingerprint density at radius 1 is 1.21 bits per heavy atom. The van der Waals surface area contributed by atoms with Crippen LogP contribution in [0.3, 0.4) is 0 Å². The summed E-state index contributed by atoms with van der Waals surface area (Å²) < 4.78 is 10.4. The van der Waals surface area contributed by atoms with E-state index in [4.69, 9.17) is 26.1 Å². The molecule has 0 aliphatic rings. The molecule has 0 radical (unpaired) electrons. The summed E-state index contributed by atoms with van der Waals surface area (Å²) in [4.78, 5) is 9.95. The second kappa shape index (κ2) is 7.29. The third-order valence-electron chi connectivity index (χ3n) is 1.47. The van der Waals surface area contributed by atoms with Gasteiger partial charge in [0.05, 0.1) is 13.2 Å². The van der Waals surface area contributed by atoms with Crippen molar-refractivity contribution in [1.82, 2.24) is 0 Å². The fourth-order valence-electron chi connectivity index (χ4n) is 1.00. The minimum absolute atomic E-state index is 0.165. The molecule has 0 aromatic heterocycles. The Morgan fingerprint density at radius 3 is 1.93 bits per heavy atom. The first-order chi connectivity index (χ1) is 6.54. The molecule has 0 saturated carbocycles. The second-order valence-electron chi connectivity index (χ2n) is 3.17. The summed E-state index contributed by atoms with van der Waals surface area (Å²) in [7, 11) is -3.14. The van der Waals surface area contributed by atoms with Gasteiger partial charge in [0.1, 0.15) is 0 Å². The van der Waals surface area contributed by atoms with Crippen LogP contribution in [0.2, 0.25) is 6.04 Å². The van der Waals surface area contributed by atoms with Crippen LogP contribution in [-0.4, -0.2) is 45.9 Å². The lowest BCUT2D eigenvalue weighted by Gasteiger charge is -2.25. The summed E-state index contributed by atoms with van der Waals surface area (Å²) in [5.74, 6) is 0. The summed E-state index contributed by atoms with van der Waals surface area (Å²) in [5.41, 5.74) is 16.1. The Morgan fingerprint density at radius 2 is 1.64 bits per heavy atom. The van der Waals surface area contributed by atoms with Gasteiger partial charge in [-0.25, -0.2) is 0 Å². The van der Waals surface area contributed by atoms with Crippen molar-refractivity contribution < 1.29 is 13.6 Å². The van der Waals surface area contributed by atoms with Crippen LogP contribution in [0.15, 0.2) is 0 Å². The van der Waals surface area contributed by atoms with Crippen LogP contribution in [0, 0.1) is 0 Å². The molecule has 1 atom stereocenters. The molecule has 0 spiro atoms. The van der Waals surface area contributed by atoms with Crippen LogP contribution in [-0.2, 0) is 8.85 Å². The van der Waals surface area contributed by atoms with E-state index in [-0.39, 0.29) is 19.3 Å². The quantitative estimate of drug-likeness (QED) is 0.361. The minimum Gasteiger partial charge on any atom is -0.390 e. The Labute approximate surface area is 85.7 Å². The summed E-state index contributed by atoms with van der Waals surface area (Å²) >= 11 is 0. The zero-order valence-corrected chi connectivity index (χ0v) is 9.61. The largest absolute Gasteiger partial charge is 0.499 e. The molecule has 0 saturated heterocycles. The van der Waals surface area contributed by atoms with Crippen molar-refractivity contribution >= 4 is 8.80 Å². The highest BCUT2D eigenvalue weighted by molar-refractivity contribution is 6.59. The lowest BCUT2D eigenvalue weighted by molar-refractivity contribution is 0.102. The Hall–Kier alpha value is -0.0231. The monoisotopic (exact) mass is 223 g/mol. The third-order valence-corrected chi connectivity index (χ3v) is 3.94. The molecule has 6 nitrogen and oxygen atoms in total. The standard InChI is InChI=1S/C7H21N3O3Si/c1-7(10)6-14(11,12-4-2-8)13-5-3-9/h7,11H,2-6,8-10H2,1H3. The van der Waals surface area contributed by atoms with Gasteiger partial charge >= 0.3 is 8.80 Å². The molecule has 86 valence electrons. The van der Waals surface area contributed by atoms with E-state index in [1.807, 2.05) is 0 Å². The van der Waals surface area contributed by atoms with E-state index in [1.54, 1.807) is 6.92 Å². The fourth-order valence-corrected chi connectivity index (χ4v) is 3.01. The molecule has 14 heavy (non-hydrogen) atoms. The summed E-state index contributed by atoms with van der Waals surface area (Å²) in [5, 5.41) is 0. The third kappa shape index (κ3) is 6.43. The van der Waals surface area contributed by atoms with Gasteiger partial charge in [0.15, 0.2) is 0 Å². The molecule has 7 heteroatoms. The van der Waals surface area contributed by atoms with E-state index in [0.29, 0.717) is 19.1 Å². The maximum absolute atomic E-state index is 9.95. The average Bonchev–Trinajstić information content (AvgIpc) is 2.11. The highest BCUT2D eigenvalue weighted by atomic mass is 28.4. The fraction of sp³-hybridized carbons (Fsp3) is 1.00. The molecule has 0 amide bonds. The summed E-state index contributed by atoms with van der Waals surface area (Å²) in [6, 6.07) is 0.162. The van der Waals surface area contributed by atoms with Crippen LogP contribution < -0.4 is 17.2 Å². The van der Waals surface area contributed by atoms with E-state index in [9.17, 15) is 4.80 Å². The topological polar surface area (TPSA) is 117 Å². The van der Waals surface area contributed by atoms with Gasteiger partial charge in [-0.1, -0.05) is 0 Å². The van der Waals surface area contributed by atoms with Crippen LogP contribution in [0.5, 0.6) is 0 Å². The van der Waals surface area contributed by atoms with Gasteiger partial charge < -0.3 is 30.8 Å². The predicted octanol–water partition coefficient (Wildman–Crippen LogP) is -1.78. The van der Waals surface area contributed by atoms with Crippen molar-refractivity contribution in [2.24, 2.45) is 17.2 Å². The van der Waals surface area contributed by atoms with Crippen molar-refractivity contribution in [3.63, 3.8) is 0 Å². The first-order valence-corrected chi connectivity index (χ1v) is 6.67. The van der Waals surface area contributed by atoms with Gasteiger partial charge in [0, 0.05) is 25.2 Å². The van der Waals surface area contributed by atoms with E-state index < -0.39 is 8.80 Å². The van der Waals surface area contributed by atoms with Crippen LogP contribution >= 0.6 is 0 Å². The van der Waals surface area contributed by atoms with Crippen LogP contribution in [0.25, 0.3) is 0 Å². The SMILES string of the molecule is CC(N)C[Si](O)(OCCN)OCCN. The highest BCUT2D eigenvalue weighted by Crippen LogP contribution is 2.11. The van der Waals surface area contributed by atoms with Gasteiger partial charge in [-0.3, -0.25) is 0 Å². The number of rotatable bonds is 8. The summed E-state index contributed by atoms with van der Waals surface area (Å²) in [6.07, 6.45) is 0.